The molecule has 1 N–H and O–H groups in total. The maximum absolute atomic E-state index is 12.8. The van der Waals surface area contributed by atoms with Crippen LogP contribution in [0.1, 0.15) is 41.8 Å². The summed E-state index contributed by atoms with van der Waals surface area (Å²) in [6, 6.07) is 10.3. The van der Waals surface area contributed by atoms with E-state index >= 15 is 0 Å². The van der Waals surface area contributed by atoms with Crippen LogP contribution in [0, 0.1) is 17.2 Å². The molecule has 1 aliphatic carbocycles. The van der Waals surface area contributed by atoms with Crippen LogP contribution >= 0.6 is 0 Å². The van der Waals surface area contributed by atoms with Gasteiger partial charge in [-0.25, -0.2) is 0 Å². The third-order valence-electron chi connectivity index (χ3n) is 5.45. The molecule has 10 heteroatoms. The van der Waals surface area contributed by atoms with Crippen LogP contribution in [0.4, 0.5) is 5.69 Å². The van der Waals surface area contributed by atoms with E-state index in [4.69, 9.17) is 4.42 Å². The quantitative estimate of drug-likeness (QED) is 0.744. The molecule has 160 valence electrons. The van der Waals surface area contributed by atoms with E-state index in [0.29, 0.717) is 11.6 Å². The third kappa shape index (κ3) is 4.55. The van der Waals surface area contributed by atoms with Crippen molar-refractivity contribution in [1.29, 1.82) is 5.26 Å². The molecule has 0 spiro atoms. The number of anilines is 1. The minimum absolute atomic E-state index is 0.115. The molecule has 3 amide bonds. The first-order valence-electron chi connectivity index (χ1n) is 10.1. The van der Waals surface area contributed by atoms with Gasteiger partial charge in [0.2, 0.25) is 17.7 Å². The number of hydrogen-bond donors (Lipinski definition) is 1. The normalized spacial score (nSPS) is 20.2. The summed E-state index contributed by atoms with van der Waals surface area (Å²) in [5.74, 6) is -1.22. The summed E-state index contributed by atoms with van der Waals surface area (Å²) >= 11 is 0. The van der Waals surface area contributed by atoms with Gasteiger partial charge in [-0.3, -0.25) is 14.4 Å². The SMILES string of the molecule is CN(CC(=O)N1CC(C(=O)Nc2ccccc2)CC1C#N)C(=O)c1nnc(C2CC2)o1. The lowest BCUT2D eigenvalue weighted by molar-refractivity contribution is -0.131. The maximum atomic E-state index is 12.8. The number of para-hydroxylation sites is 1. The van der Waals surface area contributed by atoms with E-state index in [2.05, 4.69) is 21.6 Å². The third-order valence-corrected chi connectivity index (χ3v) is 5.45. The molecule has 2 fully saturated rings. The van der Waals surface area contributed by atoms with E-state index in [1.165, 1.54) is 16.8 Å². The van der Waals surface area contributed by atoms with Gasteiger partial charge in [0.15, 0.2) is 0 Å². The summed E-state index contributed by atoms with van der Waals surface area (Å²) in [6.07, 6.45) is 2.17. The highest BCUT2D eigenvalue weighted by molar-refractivity contribution is 5.95. The lowest BCUT2D eigenvalue weighted by Gasteiger charge is -2.23. The van der Waals surface area contributed by atoms with Crippen molar-refractivity contribution >= 4 is 23.4 Å². The number of carbonyl (C=O) groups excluding carboxylic acids is 3. The molecule has 1 aromatic heterocycles. The maximum Gasteiger partial charge on any atom is 0.311 e. The smallest absolute Gasteiger partial charge is 0.311 e. The number of amides is 3. The van der Waals surface area contributed by atoms with Crippen molar-refractivity contribution in [3.05, 3.63) is 42.1 Å². The fourth-order valence-electron chi connectivity index (χ4n) is 3.53. The Labute approximate surface area is 178 Å². The van der Waals surface area contributed by atoms with Gasteiger partial charge >= 0.3 is 11.8 Å². The molecule has 2 atom stereocenters. The van der Waals surface area contributed by atoms with Gasteiger partial charge in [0, 0.05) is 25.2 Å². The van der Waals surface area contributed by atoms with Gasteiger partial charge in [-0.2, -0.15) is 5.26 Å². The fraction of sp³-hybridized carbons (Fsp3) is 0.429. The Balaban J connectivity index is 1.35. The van der Waals surface area contributed by atoms with Crippen LogP contribution in [-0.2, 0) is 9.59 Å². The van der Waals surface area contributed by atoms with E-state index in [1.54, 1.807) is 12.1 Å². The Morgan fingerprint density at radius 1 is 1.26 bits per heavy atom. The summed E-state index contributed by atoms with van der Waals surface area (Å²) in [5.41, 5.74) is 0.654. The summed E-state index contributed by atoms with van der Waals surface area (Å²) in [6.45, 7) is -0.144. The van der Waals surface area contributed by atoms with Gasteiger partial charge in [-0.05, 0) is 31.4 Å². The fourth-order valence-corrected chi connectivity index (χ4v) is 3.53. The molecule has 0 radical (unpaired) electrons. The van der Waals surface area contributed by atoms with Crippen LogP contribution in [0.5, 0.6) is 0 Å². The molecule has 1 saturated carbocycles. The van der Waals surface area contributed by atoms with Crippen LogP contribution in [0.3, 0.4) is 0 Å². The van der Waals surface area contributed by atoms with Crippen LogP contribution in [0.25, 0.3) is 0 Å². The second kappa shape index (κ2) is 8.55. The van der Waals surface area contributed by atoms with E-state index in [1.807, 2.05) is 18.2 Å². The van der Waals surface area contributed by atoms with E-state index < -0.39 is 23.8 Å². The van der Waals surface area contributed by atoms with Gasteiger partial charge in [-0.1, -0.05) is 18.2 Å². The van der Waals surface area contributed by atoms with Crippen LogP contribution in [-0.4, -0.2) is 63.9 Å². The van der Waals surface area contributed by atoms with Crippen molar-refractivity contribution < 1.29 is 18.8 Å². The number of rotatable bonds is 6. The number of aromatic nitrogens is 2. The Hall–Kier alpha value is -3.74. The second-order valence-electron chi connectivity index (χ2n) is 7.86. The molecule has 10 nitrogen and oxygen atoms in total. The molecule has 2 heterocycles. The van der Waals surface area contributed by atoms with E-state index in [0.717, 1.165) is 12.8 Å². The highest BCUT2D eigenvalue weighted by atomic mass is 16.4. The molecule has 2 unspecified atom stereocenters. The Morgan fingerprint density at radius 2 is 2.00 bits per heavy atom. The molecule has 0 bridgehead atoms. The number of likely N-dealkylation sites (tertiary alicyclic amines) is 1. The highest BCUT2D eigenvalue weighted by Gasteiger charge is 2.39. The standard InChI is InChI=1S/C21H22N6O4/c1-26(21(30)20-25-24-19(31-20)13-7-8-13)12-17(28)27-11-14(9-16(27)10-22)18(29)23-15-5-3-2-4-6-15/h2-6,13-14,16H,7-9,11-12H2,1H3,(H,23,29). The van der Waals surface area contributed by atoms with Gasteiger partial charge in [0.25, 0.3) is 0 Å². The number of benzene rings is 1. The second-order valence-corrected chi connectivity index (χ2v) is 7.86. The molecule has 31 heavy (non-hydrogen) atoms. The molecule has 1 saturated heterocycles. The lowest BCUT2D eigenvalue weighted by Crippen LogP contribution is -2.43. The minimum atomic E-state index is -0.729. The predicted molar refractivity (Wildman–Crippen MR) is 108 cm³/mol. The molecular weight excluding hydrogens is 400 g/mol. The first kappa shape index (κ1) is 20.5. The Morgan fingerprint density at radius 3 is 2.68 bits per heavy atom. The first-order chi connectivity index (χ1) is 15.0. The minimum Gasteiger partial charge on any atom is -0.417 e. The number of hydrogen-bond acceptors (Lipinski definition) is 7. The van der Waals surface area contributed by atoms with Crippen molar-refractivity contribution in [1.82, 2.24) is 20.0 Å². The average Bonchev–Trinajstić information content (AvgIpc) is 3.34. The van der Waals surface area contributed by atoms with Crippen LogP contribution in [0.2, 0.25) is 0 Å². The Bertz CT molecular complexity index is 1030. The van der Waals surface area contributed by atoms with Gasteiger partial charge in [-0.15, -0.1) is 10.2 Å². The topological polar surface area (TPSA) is 132 Å². The average molecular weight is 422 g/mol. The van der Waals surface area contributed by atoms with Crippen LogP contribution < -0.4 is 5.32 Å². The molecular formula is C21H22N6O4. The molecule has 1 aromatic carbocycles. The van der Waals surface area contributed by atoms with Crippen molar-refractivity contribution in [2.45, 2.75) is 31.2 Å². The van der Waals surface area contributed by atoms with Crippen molar-refractivity contribution in [2.24, 2.45) is 5.92 Å². The summed E-state index contributed by atoms with van der Waals surface area (Å²) in [7, 11) is 1.46. The van der Waals surface area contributed by atoms with Crippen LogP contribution in [0.15, 0.2) is 34.7 Å². The monoisotopic (exact) mass is 422 g/mol. The van der Waals surface area contributed by atoms with E-state index in [-0.39, 0.29) is 37.2 Å². The van der Waals surface area contributed by atoms with E-state index in [9.17, 15) is 19.6 Å². The molecule has 1 aliphatic heterocycles. The zero-order chi connectivity index (χ0) is 22.0. The highest BCUT2D eigenvalue weighted by Crippen LogP contribution is 2.39. The molecule has 4 rings (SSSR count). The Kier molecular flexibility index (Phi) is 5.66. The van der Waals surface area contributed by atoms with Crippen molar-refractivity contribution in [3.63, 3.8) is 0 Å². The number of nitriles is 1. The van der Waals surface area contributed by atoms with Gasteiger partial charge < -0.3 is 19.5 Å². The number of carbonyl (C=O) groups is 3. The zero-order valence-electron chi connectivity index (χ0n) is 17.0. The number of nitrogens with one attached hydrogen (secondary N) is 1. The van der Waals surface area contributed by atoms with Gasteiger partial charge in [0.1, 0.15) is 6.04 Å². The zero-order valence-corrected chi connectivity index (χ0v) is 17.0. The lowest BCUT2D eigenvalue weighted by atomic mass is 10.1. The first-order valence-corrected chi connectivity index (χ1v) is 10.1. The summed E-state index contributed by atoms with van der Waals surface area (Å²) in [5, 5.41) is 19.9. The van der Waals surface area contributed by atoms with Crippen molar-refractivity contribution in [3.8, 4) is 6.07 Å². The summed E-state index contributed by atoms with van der Waals surface area (Å²) in [4.78, 5) is 40.4. The molecule has 2 aromatic rings. The summed E-state index contributed by atoms with van der Waals surface area (Å²) < 4.78 is 5.40. The number of nitrogens with zero attached hydrogens (tertiary/aromatic N) is 5. The number of likely N-dealkylation sites (N-methyl/N-ethyl adjacent to an activating group) is 1. The largest absolute Gasteiger partial charge is 0.417 e. The predicted octanol–water partition coefficient (Wildman–Crippen LogP) is 1.40. The van der Waals surface area contributed by atoms with Crippen molar-refractivity contribution in [2.75, 3.05) is 25.5 Å². The van der Waals surface area contributed by atoms with Gasteiger partial charge in [0.05, 0.1) is 18.5 Å². The molecule has 2 aliphatic rings.